The number of methoxy groups -OCH3 is 1. The average Bonchev–Trinajstić information content (AvgIpc) is 3.46. The summed E-state index contributed by atoms with van der Waals surface area (Å²) < 4.78 is 11.7. The molecular weight excluding hydrogens is 488 g/mol. The Labute approximate surface area is 218 Å². The summed E-state index contributed by atoms with van der Waals surface area (Å²) in [6.07, 6.45) is 0.877. The normalized spacial score (nSPS) is 16.9. The summed E-state index contributed by atoms with van der Waals surface area (Å²) in [5.74, 6) is -0.464. The minimum absolute atomic E-state index is 0.00725. The van der Waals surface area contributed by atoms with Gasteiger partial charge in [-0.1, -0.05) is 36.5 Å². The van der Waals surface area contributed by atoms with Crippen LogP contribution in [-0.4, -0.2) is 35.5 Å². The van der Waals surface area contributed by atoms with Gasteiger partial charge < -0.3 is 14.6 Å². The number of aryl methyl sites for hydroxylation is 1. The van der Waals surface area contributed by atoms with E-state index in [4.69, 9.17) is 9.47 Å². The largest absolute Gasteiger partial charge is 0.507 e. The average molecular weight is 515 g/mol. The number of thiazole rings is 1. The number of fused-ring (bicyclic) bond motifs is 1. The second kappa shape index (κ2) is 10.1. The number of anilines is 1. The van der Waals surface area contributed by atoms with E-state index in [2.05, 4.69) is 18.0 Å². The first kappa shape index (κ1) is 24.5. The maximum absolute atomic E-state index is 13.5. The van der Waals surface area contributed by atoms with E-state index in [-0.39, 0.29) is 11.3 Å². The van der Waals surface area contributed by atoms with Gasteiger partial charge in [0, 0.05) is 5.56 Å². The van der Waals surface area contributed by atoms with Crippen molar-refractivity contribution in [1.82, 2.24) is 4.98 Å². The highest BCUT2D eigenvalue weighted by atomic mass is 32.1. The smallest absolute Gasteiger partial charge is 0.301 e. The first-order valence-electron chi connectivity index (χ1n) is 12.0. The first-order valence-corrected chi connectivity index (χ1v) is 12.8. The van der Waals surface area contributed by atoms with E-state index in [9.17, 15) is 14.7 Å². The van der Waals surface area contributed by atoms with Gasteiger partial charge >= 0.3 is 5.91 Å². The minimum Gasteiger partial charge on any atom is -0.507 e. The summed E-state index contributed by atoms with van der Waals surface area (Å²) in [5, 5.41) is 11.7. The molecule has 5 rings (SSSR count). The van der Waals surface area contributed by atoms with Crippen LogP contribution in [0, 0.1) is 0 Å². The third-order valence-corrected chi connectivity index (χ3v) is 7.39. The number of benzene rings is 3. The molecule has 4 aromatic rings. The van der Waals surface area contributed by atoms with Gasteiger partial charge in [0.25, 0.3) is 5.78 Å². The molecule has 188 valence electrons. The van der Waals surface area contributed by atoms with Crippen molar-refractivity contribution < 1.29 is 24.2 Å². The number of hydrogen-bond acceptors (Lipinski definition) is 7. The number of aliphatic hydroxyl groups excluding tert-OH is 1. The number of aromatic nitrogens is 1. The van der Waals surface area contributed by atoms with Gasteiger partial charge in [-0.15, -0.1) is 0 Å². The topological polar surface area (TPSA) is 89.0 Å². The molecule has 1 amide bonds. The van der Waals surface area contributed by atoms with Crippen LogP contribution in [0.1, 0.15) is 36.6 Å². The molecule has 1 atom stereocenters. The van der Waals surface area contributed by atoms with Crippen LogP contribution < -0.4 is 14.4 Å². The summed E-state index contributed by atoms with van der Waals surface area (Å²) in [6.45, 7) is 4.47. The number of aliphatic hydroxyl groups is 1. The molecule has 1 aromatic heterocycles. The maximum Gasteiger partial charge on any atom is 0.301 e. The molecule has 8 heteroatoms. The monoisotopic (exact) mass is 514 g/mol. The number of carbonyl (C=O) groups excluding carboxylic acids is 2. The van der Waals surface area contributed by atoms with Gasteiger partial charge in [-0.2, -0.15) is 0 Å². The van der Waals surface area contributed by atoms with Gasteiger partial charge in [0.15, 0.2) is 5.13 Å². The molecular formula is C29H26N2O5S. The van der Waals surface area contributed by atoms with Gasteiger partial charge in [0.05, 0.1) is 35.5 Å². The Morgan fingerprint density at radius 3 is 2.35 bits per heavy atom. The SMILES string of the molecule is CCOc1ccc(C(O)=C2C(=O)C(=O)N(c3nc4ccc(CC)cc4s3)C2c2ccc(OC)cc2)cc1. The number of amides is 1. The Bertz CT molecular complexity index is 1510. The second-order valence-corrected chi connectivity index (χ2v) is 9.56. The van der Waals surface area contributed by atoms with Crippen LogP contribution in [0.5, 0.6) is 11.5 Å². The summed E-state index contributed by atoms with van der Waals surface area (Å²) in [5.41, 5.74) is 2.98. The molecule has 0 radical (unpaired) electrons. The van der Waals surface area contributed by atoms with Crippen molar-refractivity contribution in [2.24, 2.45) is 0 Å². The van der Waals surface area contributed by atoms with Crippen molar-refractivity contribution in [2.45, 2.75) is 26.3 Å². The number of nitrogens with zero attached hydrogens (tertiary/aromatic N) is 2. The van der Waals surface area contributed by atoms with Crippen LogP contribution in [0.25, 0.3) is 16.0 Å². The third kappa shape index (κ3) is 4.44. The lowest BCUT2D eigenvalue weighted by molar-refractivity contribution is -0.132. The lowest BCUT2D eigenvalue weighted by Gasteiger charge is -2.23. The molecule has 0 saturated carbocycles. The standard InChI is InChI=1S/C29H26N2O5S/c1-4-17-6-15-22-23(16-17)37-29(30-22)31-25(18-7-11-20(35-3)12-8-18)24(27(33)28(31)34)26(32)19-9-13-21(14-10-19)36-5-2/h6-16,25,32H,4-5H2,1-3H3. The first-order chi connectivity index (χ1) is 17.9. The second-order valence-electron chi connectivity index (χ2n) is 8.55. The van der Waals surface area contributed by atoms with Gasteiger partial charge in [-0.3, -0.25) is 14.5 Å². The minimum atomic E-state index is -0.858. The molecule has 3 aromatic carbocycles. The number of ether oxygens (including phenoxy) is 2. The van der Waals surface area contributed by atoms with Crippen LogP contribution in [0.15, 0.2) is 72.3 Å². The Hall–Kier alpha value is -4.17. The zero-order valence-electron chi connectivity index (χ0n) is 20.7. The summed E-state index contributed by atoms with van der Waals surface area (Å²) in [7, 11) is 1.57. The lowest BCUT2D eigenvalue weighted by Crippen LogP contribution is -2.29. The molecule has 0 bridgehead atoms. The van der Waals surface area contributed by atoms with Crippen LogP contribution >= 0.6 is 11.3 Å². The van der Waals surface area contributed by atoms with Crippen molar-refractivity contribution in [3.05, 3.63) is 89.0 Å². The van der Waals surface area contributed by atoms with Gasteiger partial charge in [0.2, 0.25) is 0 Å². The van der Waals surface area contributed by atoms with E-state index in [1.807, 2.05) is 19.1 Å². The molecule has 1 unspecified atom stereocenters. The van der Waals surface area contributed by atoms with Crippen LogP contribution in [0.4, 0.5) is 5.13 Å². The van der Waals surface area contributed by atoms with Crippen molar-refractivity contribution in [3.8, 4) is 11.5 Å². The fourth-order valence-corrected chi connectivity index (χ4v) is 5.50. The van der Waals surface area contributed by atoms with Gasteiger partial charge in [0.1, 0.15) is 17.3 Å². The predicted octanol–water partition coefficient (Wildman–Crippen LogP) is 5.89. The maximum atomic E-state index is 13.5. The van der Waals surface area contributed by atoms with Crippen molar-refractivity contribution in [2.75, 3.05) is 18.6 Å². The number of rotatable bonds is 7. The number of Topliss-reactive ketones (excluding diaryl/α,β-unsaturated/α-hetero) is 1. The third-order valence-electron chi connectivity index (χ3n) is 6.37. The number of ketones is 1. The quantitative estimate of drug-likeness (QED) is 0.188. The summed E-state index contributed by atoms with van der Waals surface area (Å²) >= 11 is 1.35. The molecule has 1 aliphatic heterocycles. The molecule has 0 spiro atoms. The van der Waals surface area contributed by atoms with Crippen LogP contribution in [0.3, 0.4) is 0 Å². The van der Waals surface area contributed by atoms with Crippen molar-refractivity contribution >= 4 is 44.1 Å². The highest BCUT2D eigenvalue weighted by molar-refractivity contribution is 7.22. The summed E-state index contributed by atoms with van der Waals surface area (Å²) in [4.78, 5) is 32.9. The van der Waals surface area contributed by atoms with Crippen molar-refractivity contribution in [3.63, 3.8) is 0 Å². The number of hydrogen-bond donors (Lipinski definition) is 1. The van der Waals surface area contributed by atoms with E-state index in [0.29, 0.717) is 34.4 Å². The molecule has 1 N–H and O–H groups in total. The Morgan fingerprint density at radius 1 is 1.00 bits per heavy atom. The van der Waals surface area contributed by atoms with E-state index in [1.54, 1.807) is 55.6 Å². The van der Waals surface area contributed by atoms with Gasteiger partial charge in [-0.05, 0) is 73.0 Å². The number of carbonyl (C=O) groups is 2. The van der Waals surface area contributed by atoms with E-state index < -0.39 is 17.7 Å². The molecule has 7 nitrogen and oxygen atoms in total. The fraction of sp³-hybridized carbons (Fsp3) is 0.207. The van der Waals surface area contributed by atoms with E-state index >= 15 is 0 Å². The molecule has 1 saturated heterocycles. The Morgan fingerprint density at radius 2 is 1.70 bits per heavy atom. The Kier molecular flexibility index (Phi) is 6.67. The zero-order valence-corrected chi connectivity index (χ0v) is 21.5. The highest BCUT2D eigenvalue weighted by Gasteiger charge is 2.48. The molecule has 0 aliphatic carbocycles. The van der Waals surface area contributed by atoms with Crippen molar-refractivity contribution in [1.29, 1.82) is 0 Å². The Balaban J connectivity index is 1.67. The zero-order chi connectivity index (χ0) is 26.1. The molecule has 1 aliphatic rings. The highest BCUT2D eigenvalue weighted by Crippen LogP contribution is 2.44. The summed E-state index contributed by atoms with van der Waals surface area (Å²) in [6, 6.07) is 19.0. The predicted molar refractivity (Wildman–Crippen MR) is 144 cm³/mol. The van der Waals surface area contributed by atoms with E-state index in [0.717, 1.165) is 22.2 Å². The molecule has 2 heterocycles. The lowest BCUT2D eigenvalue weighted by atomic mass is 9.95. The fourth-order valence-electron chi connectivity index (χ4n) is 4.44. The van der Waals surface area contributed by atoms with E-state index in [1.165, 1.54) is 16.2 Å². The molecule has 37 heavy (non-hydrogen) atoms. The van der Waals surface area contributed by atoms with Crippen LogP contribution in [0.2, 0.25) is 0 Å². The van der Waals surface area contributed by atoms with Gasteiger partial charge in [-0.25, -0.2) is 4.98 Å². The van der Waals surface area contributed by atoms with Crippen LogP contribution in [-0.2, 0) is 16.0 Å². The molecule has 1 fully saturated rings.